The van der Waals surface area contributed by atoms with Gasteiger partial charge in [0, 0.05) is 12.3 Å². The van der Waals surface area contributed by atoms with E-state index < -0.39 is 11.8 Å². The molecule has 0 aromatic heterocycles. The van der Waals surface area contributed by atoms with Crippen LogP contribution in [-0.2, 0) is 14.4 Å². The fourth-order valence-corrected chi connectivity index (χ4v) is 2.68. The molecule has 5 heteroatoms. The molecule has 21 heavy (non-hydrogen) atoms. The van der Waals surface area contributed by atoms with Crippen LogP contribution in [0.2, 0.25) is 0 Å². The number of imide groups is 1. The largest absolute Gasteiger partial charge is 0.497 e. The van der Waals surface area contributed by atoms with Crippen molar-refractivity contribution in [1.82, 2.24) is 0 Å². The number of carbonyl (C=O) groups is 3. The molecule has 112 valence electrons. The van der Waals surface area contributed by atoms with Crippen LogP contribution >= 0.6 is 0 Å². The number of amides is 2. The molecule has 0 spiro atoms. The molecule has 1 aromatic rings. The molecule has 1 aromatic carbocycles. The number of benzene rings is 1. The molecule has 0 bridgehead atoms. The summed E-state index contributed by atoms with van der Waals surface area (Å²) in [5, 5.41) is 0. The second-order valence-corrected chi connectivity index (χ2v) is 5.53. The van der Waals surface area contributed by atoms with Gasteiger partial charge < -0.3 is 9.53 Å². The summed E-state index contributed by atoms with van der Waals surface area (Å²) in [6.45, 7) is 3.76. The lowest BCUT2D eigenvalue weighted by Gasteiger charge is -2.20. The third-order valence-electron chi connectivity index (χ3n) is 3.90. The maximum atomic E-state index is 12.5. The first-order valence-corrected chi connectivity index (χ1v) is 6.95. The van der Waals surface area contributed by atoms with Crippen LogP contribution in [0, 0.1) is 17.8 Å². The highest BCUT2D eigenvalue weighted by Gasteiger charge is 2.44. The first-order valence-electron chi connectivity index (χ1n) is 6.95. The van der Waals surface area contributed by atoms with Crippen LogP contribution in [0.15, 0.2) is 24.3 Å². The smallest absolute Gasteiger partial charge is 0.238 e. The lowest BCUT2D eigenvalue weighted by atomic mass is 9.83. The van der Waals surface area contributed by atoms with Crippen LogP contribution in [0.5, 0.6) is 5.75 Å². The van der Waals surface area contributed by atoms with Gasteiger partial charge in [0.25, 0.3) is 0 Å². The fraction of sp³-hybridized carbons (Fsp3) is 0.438. The molecule has 5 nitrogen and oxygen atoms in total. The minimum absolute atomic E-state index is 0.0278. The van der Waals surface area contributed by atoms with Crippen LogP contribution in [0.4, 0.5) is 5.69 Å². The van der Waals surface area contributed by atoms with E-state index in [1.165, 1.54) is 4.90 Å². The van der Waals surface area contributed by atoms with Crippen molar-refractivity contribution in [1.29, 1.82) is 0 Å². The normalized spacial score (nSPS) is 20.0. The Bertz CT molecular complexity index is 550. The summed E-state index contributed by atoms with van der Waals surface area (Å²) >= 11 is 0. The Morgan fingerprint density at radius 2 is 1.86 bits per heavy atom. The first kappa shape index (κ1) is 15.2. The Kier molecular flexibility index (Phi) is 4.40. The zero-order chi connectivity index (χ0) is 15.6. The molecule has 1 heterocycles. The van der Waals surface area contributed by atoms with Gasteiger partial charge in [-0.1, -0.05) is 13.8 Å². The number of ether oxygens (including phenoxy) is 1. The van der Waals surface area contributed by atoms with Gasteiger partial charge in [-0.15, -0.1) is 0 Å². The maximum Gasteiger partial charge on any atom is 0.238 e. The summed E-state index contributed by atoms with van der Waals surface area (Å²) in [7, 11) is 1.55. The highest BCUT2D eigenvalue weighted by atomic mass is 16.5. The van der Waals surface area contributed by atoms with E-state index in [2.05, 4.69) is 0 Å². The van der Waals surface area contributed by atoms with Crippen molar-refractivity contribution in [3.05, 3.63) is 24.3 Å². The SMILES string of the molecule is COc1ccc(N2C(=O)C[C@@H]([C@H](C=O)C(C)C)C2=O)cc1. The molecule has 0 radical (unpaired) electrons. The molecule has 1 saturated heterocycles. The van der Waals surface area contributed by atoms with Crippen molar-refractivity contribution < 1.29 is 19.1 Å². The molecule has 0 aliphatic carbocycles. The molecule has 1 aliphatic heterocycles. The number of anilines is 1. The summed E-state index contributed by atoms with van der Waals surface area (Å²) < 4.78 is 5.06. The minimum atomic E-state index is -0.558. The van der Waals surface area contributed by atoms with Crippen LogP contribution in [0.3, 0.4) is 0 Å². The predicted octanol–water partition coefficient (Wildman–Crippen LogP) is 2.05. The standard InChI is InChI=1S/C16H19NO4/c1-10(2)14(9-18)13-8-15(19)17(16(13)20)11-4-6-12(21-3)7-5-11/h4-7,9-10,13-14H,8H2,1-3H3/t13-,14+/m0/s1. The molecule has 0 saturated carbocycles. The summed E-state index contributed by atoms with van der Waals surface area (Å²) in [6, 6.07) is 6.73. The second-order valence-electron chi connectivity index (χ2n) is 5.53. The number of nitrogens with zero attached hydrogens (tertiary/aromatic N) is 1. The molecule has 2 amide bonds. The van der Waals surface area contributed by atoms with E-state index in [9.17, 15) is 14.4 Å². The molecule has 1 fully saturated rings. The number of methoxy groups -OCH3 is 1. The summed E-state index contributed by atoms with van der Waals surface area (Å²) in [5.74, 6) is -0.858. The highest BCUT2D eigenvalue weighted by molar-refractivity contribution is 6.21. The van der Waals surface area contributed by atoms with Crippen molar-refractivity contribution in [2.75, 3.05) is 12.0 Å². The van der Waals surface area contributed by atoms with E-state index in [0.717, 1.165) is 6.29 Å². The van der Waals surface area contributed by atoms with Crippen molar-refractivity contribution in [3.63, 3.8) is 0 Å². The molecule has 2 rings (SSSR count). The predicted molar refractivity (Wildman–Crippen MR) is 78.0 cm³/mol. The van der Waals surface area contributed by atoms with Gasteiger partial charge in [-0.05, 0) is 30.2 Å². The number of carbonyl (C=O) groups excluding carboxylic acids is 3. The number of aldehydes is 1. The summed E-state index contributed by atoms with van der Waals surface area (Å²) in [6.07, 6.45) is 0.879. The third kappa shape index (κ3) is 2.82. The van der Waals surface area contributed by atoms with Crippen LogP contribution < -0.4 is 9.64 Å². The van der Waals surface area contributed by atoms with Crippen LogP contribution in [0.1, 0.15) is 20.3 Å². The van der Waals surface area contributed by atoms with Gasteiger partial charge in [0.1, 0.15) is 12.0 Å². The minimum Gasteiger partial charge on any atom is -0.497 e. The topological polar surface area (TPSA) is 63.7 Å². The molecular formula is C16H19NO4. The summed E-state index contributed by atoms with van der Waals surface area (Å²) in [4.78, 5) is 37.0. The zero-order valence-corrected chi connectivity index (χ0v) is 12.4. The van der Waals surface area contributed by atoms with E-state index in [4.69, 9.17) is 4.74 Å². The zero-order valence-electron chi connectivity index (χ0n) is 12.4. The van der Waals surface area contributed by atoms with Gasteiger partial charge >= 0.3 is 0 Å². The van der Waals surface area contributed by atoms with Crippen molar-refractivity contribution in [2.45, 2.75) is 20.3 Å². The Morgan fingerprint density at radius 3 is 2.33 bits per heavy atom. The number of hydrogen-bond donors (Lipinski definition) is 0. The van der Waals surface area contributed by atoms with Gasteiger partial charge in [0.05, 0.1) is 18.7 Å². The van der Waals surface area contributed by atoms with Crippen molar-refractivity contribution >= 4 is 23.8 Å². The average Bonchev–Trinajstić information content (AvgIpc) is 2.75. The maximum absolute atomic E-state index is 12.5. The van der Waals surface area contributed by atoms with Crippen molar-refractivity contribution in [3.8, 4) is 5.75 Å². The van der Waals surface area contributed by atoms with E-state index >= 15 is 0 Å². The van der Waals surface area contributed by atoms with Gasteiger partial charge in [-0.25, -0.2) is 0 Å². The Morgan fingerprint density at radius 1 is 1.24 bits per heavy atom. The van der Waals surface area contributed by atoms with Crippen molar-refractivity contribution in [2.24, 2.45) is 17.8 Å². The van der Waals surface area contributed by atoms with Gasteiger partial charge in [0.15, 0.2) is 0 Å². The van der Waals surface area contributed by atoms with Gasteiger partial charge in [0.2, 0.25) is 11.8 Å². The molecule has 2 atom stereocenters. The lowest BCUT2D eigenvalue weighted by molar-refractivity contribution is -0.126. The van der Waals surface area contributed by atoms with Gasteiger partial charge in [-0.3, -0.25) is 14.5 Å². The number of hydrogen-bond acceptors (Lipinski definition) is 4. The quantitative estimate of drug-likeness (QED) is 0.614. The summed E-state index contributed by atoms with van der Waals surface area (Å²) in [5.41, 5.74) is 0.515. The monoisotopic (exact) mass is 289 g/mol. The van der Waals surface area contributed by atoms with Crippen LogP contribution in [-0.4, -0.2) is 25.2 Å². The van der Waals surface area contributed by atoms with Crippen LogP contribution in [0.25, 0.3) is 0 Å². The van der Waals surface area contributed by atoms with E-state index in [-0.39, 0.29) is 24.2 Å². The molecular weight excluding hydrogens is 270 g/mol. The second kappa shape index (κ2) is 6.08. The van der Waals surface area contributed by atoms with E-state index in [1.54, 1.807) is 31.4 Å². The first-order chi connectivity index (χ1) is 9.99. The number of rotatable bonds is 5. The Balaban J connectivity index is 2.27. The third-order valence-corrected chi connectivity index (χ3v) is 3.90. The Hall–Kier alpha value is -2.17. The van der Waals surface area contributed by atoms with E-state index in [1.807, 2.05) is 13.8 Å². The lowest BCUT2D eigenvalue weighted by Crippen LogP contribution is -2.33. The molecule has 1 aliphatic rings. The average molecular weight is 289 g/mol. The highest BCUT2D eigenvalue weighted by Crippen LogP contribution is 2.33. The fourth-order valence-electron chi connectivity index (χ4n) is 2.68. The van der Waals surface area contributed by atoms with E-state index in [0.29, 0.717) is 11.4 Å². The Labute approximate surface area is 123 Å². The molecule has 0 unspecified atom stereocenters. The van der Waals surface area contributed by atoms with Gasteiger partial charge in [-0.2, -0.15) is 0 Å². The molecule has 0 N–H and O–H groups in total.